The van der Waals surface area contributed by atoms with Crippen LogP contribution in [0.5, 0.6) is 5.88 Å². The van der Waals surface area contributed by atoms with Crippen LogP contribution in [0.2, 0.25) is 0 Å². The normalized spacial score (nSPS) is 15.8. The van der Waals surface area contributed by atoms with Gasteiger partial charge in [0.15, 0.2) is 0 Å². The molecule has 0 saturated carbocycles. The third-order valence-corrected chi connectivity index (χ3v) is 8.27. The molecule has 0 aliphatic carbocycles. The maximum Gasteiger partial charge on any atom is 0.124 e. The predicted octanol–water partition coefficient (Wildman–Crippen LogP) is 2.04. The van der Waals surface area contributed by atoms with Crippen LogP contribution in [0.3, 0.4) is 0 Å². The molecule has 3 aromatic rings. The van der Waals surface area contributed by atoms with Gasteiger partial charge in [0, 0.05) is 55.5 Å². The second kappa shape index (κ2) is 11.3. The first-order chi connectivity index (χ1) is 16.4. The Morgan fingerprint density at radius 3 is 2.36 bits per heavy atom. The van der Waals surface area contributed by atoms with Crippen molar-refractivity contribution < 1.29 is 63.8 Å². The fourth-order valence-corrected chi connectivity index (χ4v) is 5.92. The van der Waals surface area contributed by atoms with E-state index in [9.17, 15) is 31.0 Å². The summed E-state index contributed by atoms with van der Waals surface area (Å²) in [5.41, 5.74) is 2.02. The Hall–Kier alpha value is -1.74. The van der Waals surface area contributed by atoms with E-state index in [1.807, 2.05) is 35.2 Å². The van der Waals surface area contributed by atoms with Crippen LogP contribution >= 0.6 is 11.8 Å². The molecule has 189 valence electrons. The van der Waals surface area contributed by atoms with E-state index in [1.54, 1.807) is 13.0 Å². The number of benzene rings is 2. The van der Waals surface area contributed by atoms with Crippen LogP contribution in [-0.4, -0.2) is 53.4 Å². The molecular formula is C22H20N3O7S3Y-3. The van der Waals surface area contributed by atoms with E-state index in [0.717, 1.165) is 27.4 Å². The third-order valence-electron chi connectivity index (χ3n) is 5.38. The summed E-state index contributed by atoms with van der Waals surface area (Å²) >= 11 is 1.54. The number of hydrogen-bond acceptors (Lipinski definition) is 10. The first-order valence-electron chi connectivity index (χ1n) is 10.4. The van der Waals surface area contributed by atoms with Crippen LogP contribution in [0.15, 0.2) is 64.4 Å². The summed E-state index contributed by atoms with van der Waals surface area (Å²) in [6, 6.07) is 12.5. The summed E-state index contributed by atoms with van der Waals surface area (Å²) in [5, 5.41) is 17.0. The van der Waals surface area contributed by atoms with E-state index in [0.29, 0.717) is 23.5 Å². The monoisotopic (exact) mass is 623 g/mol. The zero-order chi connectivity index (χ0) is 25.4. The topological polar surface area (TPSA) is 159 Å². The Morgan fingerprint density at radius 2 is 1.72 bits per heavy atom. The largest absolute Gasteiger partial charge is 0.858 e. The summed E-state index contributed by atoms with van der Waals surface area (Å²) < 4.78 is 67.6. The summed E-state index contributed by atoms with van der Waals surface area (Å²) in [6.07, 6.45) is 3.64. The number of aromatic nitrogens is 2. The molecule has 0 bridgehead atoms. The molecule has 2 heterocycles. The fraction of sp³-hybridized carbons (Fsp3) is 0.227. The molecule has 1 atom stereocenters. The number of hydrogen-bond donors (Lipinski definition) is 0. The van der Waals surface area contributed by atoms with Gasteiger partial charge in [-0.15, -0.1) is 0 Å². The Kier molecular flexibility index (Phi) is 9.08. The van der Waals surface area contributed by atoms with Gasteiger partial charge in [-0.25, -0.2) is 21.5 Å². The van der Waals surface area contributed by atoms with Crippen LogP contribution in [0, 0.1) is 6.92 Å². The average Bonchev–Trinajstić information content (AvgIpc) is 3.27. The van der Waals surface area contributed by atoms with E-state index in [4.69, 9.17) is 0 Å². The van der Waals surface area contributed by atoms with Crippen molar-refractivity contribution in [3.63, 3.8) is 0 Å². The van der Waals surface area contributed by atoms with Gasteiger partial charge in [-0.3, -0.25) is 0 Å². The molecule has 14 heteroatoms. The zero-order valence-electron chi connectivity index (χ0n) is 19.0. The number of fused-ring (bicyclic) bond motifs is 1. The minimum Gasteiger partial charge on any atom is -0.858 e. The summed E-state index contributed by atoms with van der Waals surface area (Å²) in [4.78, 5) is 2.57. The molecule has 1 aliphatic rings. The van der Waals surface area contributed by atoms with E-state index < -0.39 is 36.8 Å². The van der Waals surface area contributed by atoms with Crippen molar-refractivity contribution in [3.05, 3.63) is 65.9 Å². The van der Waals surface area contributed by atoms with Crippen molar-refractivity contribution in [2.75, 3.05) is 17.2 Å². The molecule has 1 aromatic heterocycles. The molecule has 1 radical (unpaired) electrons. The molecule has 0 saturated heterocycles. The van der Waals surface area contributed by atoms with Crippen molar-refractivity contribution in [2.24, 2.45) is 0 Å². The fourth-order valence-electron chi connectivity index (χ4n) is 3.74. The average molecular weight is 624 g/mol. The Bertz CT molecular complexity index is 1490. The molecule has 2 aromatic carbocycles. The maximum atomic E-state index is 13.0. The van der Waals surface area contributed by atoms with Crippen molar-refractivity contribution >= 4 is 43.8 Å². The molecule has 10 nitrogen and oxygen atoms in total. The minimum absolute atomic E-state index is 0. The van der Waals surface area contributed by atoms with Gasteiger partial charge in [-0.1, -0.05) is 36.0 Å². The van der Waals surface area contributed by atoms with Crippen molar-refractivity contribution in [1.82, 2.24) is 9.78 Å². The molecule has 0 N–H and O–H groups in total. The first kappa shape index (κ1) is 28.8. The van der Waals surface area contributed by atoms with Gasteiger partial charge < -0.3 is 19.1 Å². The standard InChI is InChI=1S/C22H23N3O7S3.Y/c1-15-18(22(26)25(23-15)16-7-9-17(10-8-16)35(30,31)32)11-12-21-24(13-4-14-34(27,28)29)19-5-2-3-6-20(19)33-21;/h2-3,5-12,21,26H,4,13-14H2,1H3,(H,27,28,29)(H,30,31,32);/p-3. The SMILES string of the molecule is Cc1nn(-c2ccc(S(=O)(=O)[O-])cc2)c([O-])c1C=CC1Sc2ccccc2N1CCCS(=O)(=O)[O-].[Y]. The smallest absolute Gasteiger partial charge is 0.124 e. The van der Waals surface area contributed by atoms with Gasteiger partial charge in [0.25, 0.3) is 0 Å². The van der Waals surface area contributed by atoms with Crippen molar-refractivity contribution in [3.8, 4) is 11.6 Å². The Morgan fingerprint density at radius 1 is 1.06 bits per heavy atom. The van der Waals surface area contributed by atoms with Crippen molar-refractivity contribution in [1.29, 1.82) is 0 Å². The summed E-state index contributed by atoms with van der Waals surface area (Å²) in [5.74, 6) is -0.878. The first-order valence-corrected chi connectivity index (χ1v) is 14.3. The molecule has 0 amide bonds. The van der Waals surface area contributed by atoms with E-state index >= 15 is 0 Å². The van der Waals surface area contributed by atoms with Gasteiger partial charge in [0.2, 0.25) is 0 Å². The number of thioether (sulfide) groups is 1. The van der Waals surface area contributed by atoms with Crippen LogP contribution in [0.1, 0.15) is 17.7 Å². The van der Waals surface area contributed by atoms with Gasteiger partial charge >= 0.3 is 0 Å². The molecule has 1 aliphatic heterocycles. The van der Waals surface area contributed by atoms with Crippen LogP contribution in [0.25, 0.3) is 11.8 Å². The Balaban J connectivity index is 0.00000361. The number of para-hydroxylation sites is 1. The number of nitrogens with zero attached hydrogens (tertiary/aromatic N) is 3. The second-order valence-electron chi connectivity index (χ2n) is 7.81. The third kappa shape index (κ3) is 6.57. The van der Waals surface area contributed by atoms with E-state index in [2.05, 4.69) is 5.10 Å². The van der Waals surface area contributed by atoms with Crippen LogP contribution < -0.4 is 10.0 Å². The molecular weight excluding hydrogens is 603 g/mol. The number of aryl methyl sites for hydroxylation is 1. The van der Waals surface area contributed by atoms with Crippen molar-refractivity contribution in [2.45, 2.75) is 28.5 Å². The molecule has 1 unspecified atom stereocenters. The number of anilines is 1. The van der Waals surface area contributed by atoms with E-state index in [1.165, 1.54) is 23.9 Å². The molecule has 0 fully saturated rings. The van der Waals surface area contributed by atoms with Crippen LogP contribution in [-0.2, 0) is 52.9 Å². The minimum atomic E-state index is -4.60. The second-order valence-corrected chi connectivity index (χ2v) is 11.9. The van der Waals surface area contributed by atoms with Crippen LogP contribution in [0.4, 0.5) is 5.69 Å². The van der Waals surface area contributed by atoms with E-state index in [-0.39, 0.29) is 44.5 Å². The predicted molar refractivity (Wildman–Crippen MR) is 127 cm³/mol. The maximum absolute atomic E-state index is 13.0. The molecule has 0 spiro atoms. The van der Waals surface area contributed by atoms with Gasteiger partial charge in [0.05, 0.1) is 37.5 Å². The Labute approximate surface area is 238 Å². The summed E-state index contributed by atoms with van der Waals surface area (Å²) in [7, 11) is -8.92. The number of rotatable bonds is 8. The van der Waals surface area contributed by atoms with Gasteiger partial charge in [-0.2, -0.15) is 5.10 Å². The van der Waals surface area contributed by atoms with Gasteiger partial charge in [0.1, 0.15) is 10.1 Å². The van der Waals surface area contributed by atoms with Gasteiger partial charge in [-0.05, 0) is 55.6 Å². The zero-order valence-corrected chi connectivity index (χ0v) is 24.3. The molecule has 4 rings (SSSR count). The quantitative estimate of drug-likeness (QED) is 0.340. The summed E-state index contributed by atoms with van der Waals surface area (Å²) in [6.45, 7) is 2.01. The molecule has 36 heavy (non-hydrogen) atoms.